The zero-order valence-corrected chi connectivity index (χ0v) is 19.3. The summed E-state index contributed by atoms with van der Waals surface area (Å²) in [5.74, 6) is -1.43. The molecule has 0 radical (unpaired) electrons. The molecule has 0 aliphatic heterocycles. The minimum absolute atomic E-state index is 0.106. The summed E-state index contributed by atoms with van der Waals surface area (Å²) in [6, 6.07) is 12.0. The molecular weight excluding hydrogens is 453 g/mol. The van der Waals surface area contributed by atoms with Crippen LogP contribution in [0.2, 0.25) is 0 Å². The third-order valence-corrected chi connectivity index (χ3v) is 5.60. The first-order chi connectivity index (χ1) is 16.9. The highest BCUT2D eigenvalue weighted by Crippen LogP contribution is 2.30. The van der Waals surface area contributed by atoms with Crippen LogP contribution in [0.5, 0.6) is 0 Å². The highest BCUT2D eigenvalue weighted by atomic mass is 19.1. The monoisotopic (exact) mass is 477 g/mol. The van der Waals surface area contributed by atoms with E-state index in [0.717, 1.165) is 6.42 Å². The number of rotatable bonds is 6. The summed E-state index contributed by atoms with van der Waals surface area (Å²) in [6.07, 6.45) is 1.92. The van der Waals surface area contributed by atoms with Crippen molar-refractivity contribution in [3.05, 3.63) is 88.1 Å². The Morgan fingerprint density at radius 2 is 1.80 bits per heavy atom. The van der Waals surface area contributed by atoms with Gasteiger partial charge in [-0.25, -0.2) is 14.6 Å². The molecule has 0 bridgehead atoms. The van der Waals surface area contributed by atoms with Crippen LogP contribution in [0.15, 0.2) is 58.0 Å². The Hall–Kier alpha value is -4.27. The number of carbonyl (C=O) groups excluding carboxylic acids is 3. The van der Waals surface area contributed by atoms with E-state index in [1.165, 1.54) is 18.2 Å². The zero-order valence-electron chi connectivity index (χ0n) is 19.3. The topological polar surface area (TPSA) is 110 Å². The van der Waals surface area contributed by atoms with E-state index in [4.69, 9.17) is 9.15 Å². The Balaban J connectivity index is 1.51. The molecule has 8 nitrogen and oxygen atoms in total. The third-order valence-electron chi connectivity index (χ3n) is 5.60. The molecule has 1 heterocycles. The predicted molar refractivity (Wildman–Crippen MR) is 127 cm³/mol. The van der Waals surface area contributed by atoms with Gasteiger partial charge >= 0.3 is 5.97 Å². The maximum Gasteiger partial charge on any atom is 0.338 e. The van der Waals surface area contributed by atoms with Gasteiger partial charge in [-0.05, 0) is 63.1 Å². The van der Waals surface area contributed by atoms with E-state index in [0.29, 0.717) is 46.7 Å². The molecule has 0 fully saturated rings. The van der Waals surface area contributed by atoms with Crippen LogP contribution in [-0.4, -0.2) is 30.1 Å². The fourth-order valence-electron chi connectivity index (χ4n) is 3.91. The third kappa shape index (κ3) is 5.13. The second-order valence-electron chi connectivity index (χ2n) is 7.94. The summed E-state index contributed by atoms with van der Waals surface area (Å²) in [5, 5.41) is 6.98. The number of benzene rings is 2. The van der Waals surface area contributed by atoms with E-state index in [1.807, 2.05) is 0 Å². The molecule has 3 aromatic rings. The van der Waals surface area contributed by atoms with Crippen LogP contribution >= 0.6 is 0 Å². The van der Waals surface area contributed by atoms with Gasteiger partial charge in [-0.1, -0.05) is 12.1 Å². The maximum atomic E-state index is 13.9. The molecule has 35 heavy (non-hydrogen) atoms. The van der Waals surface area contributed by atoms with Gasteiger partial charge in [0.2, 0.25) is 0 Å². The normalized spacial score (nSPS) is 13.7. The van der Waals surface area contributed by atoms with Gasteiger partial charge in [0, 0.05) is 23.2 Å². The number of halogens is 1. The van der Waals surface area contributed by atoms with E-state index >= 15 is 0 Å². The highest BCUT2D eigenvalue weighted by molar-refractivity contribution is 6.09. The van der Waals surface area contributed by atoms with Crippen molar-refractivity contribution in [2.45, 2.75) is 33.1 Å². The molecule has 1 aliphatic rings. The average molecular weight is 477 g/mol. The van der Waals surface area contributed by atoms with Gasteiger partial charge in [0.25, 0.3) is 11.8 Å². The van der Waals surface area contributed by atoms with Gasteiger partial charge in [0.05, 0.1) is 23.4 Å². The number of carbonyl (C=O) groups is 3. The molecule has 1 aromatic heterocycles. The van der Waals surface area contributed by atoms with Crippen molar-refractivity contribution >= 4 is 29.2 Å². The number of nitrogens with zero attached hydrogens (tertiary/aromatic N) is 1. The Bertz CT molecular complexity index is 1310. The van der Waals surface area contributed by atoms with E-state index in [2.05, 4.69) is 15.8 Å². The summed E-state index contributed by atoms with van der Waals surface area (Å²) in [4.78, 5) is 37.1. The number of amides is 2. The van der Waals surface area contributed by atoms with Crippen molar-refractivity contribution in [3.8, 4) is 0 Å². The Labute approximate surface area is 201 Å². The Morgan fingerprint density at radius 1 is 1.06 bits per heavy atom. The van der Waals surface area contributed by atoms with Crippen molar-refractivity contribution in [1.29, 1.82) is 0 Å². The molecule has 9 heteroatoms. The second-order valence-corrected chi connectivity index (χ2v) is 7.94. The number of aryl methyl sites for hydroxylation is 1. The van der Waals surface area contributed by atoms with Gasteiger partial charge < -0.3 is 14.5 Å². The Kier molecular flexibility index (Phi) is 7.05. The predicted octanol–water partition coefficient (Wildman–Crippen LogP) is 4.63. The van der Waals surface area contributed by atoms with Crippen molar-refractivity contribution in [2.24, 2.45) is 5.10 Å². The molecule has 0 saturated carbocycles. The summed E-state index contributed by atoms with van der Waals surface area (Å²) in [5.41, 5.74) is 5.01. The molecule has 4 rings (SSSR count). The fraction of sp³-hybridized carbons (Fsp3) is 0.231. The van der Waals surface area contributed by atoms with Gasteiger partial charge in [-0.3, -0.25) is 9.59 Å². The van der Waals surface area contributed by atoms with Crippen molar-refractivity contribution < 1.29 is 27.9 Å². The first kappa shape index (κ1) is 23.9. The molecule has 0 atom stereocenters. The zero-order chi connectivity index (χ0) is 24.9. The van der Waals surface area contributed by atoms with E-state index < -0.39 is 23.6 Å². The summed E-state index contributed by atoms with van der Waals surface area (Å²) >= 11 is 0. The lowest BCUT2D eigenvalue weighted by Crippen LogP contribution is -2.23. The highest BCUT2D eigenvalue weighted by Gasteiger charge is 2.28. The largest absolute Gasteiger partial charge is 0.462 e. The van der Waals surface area contributed by atoms with Gasteiger partial charge in [-0.15, -0.1) is 0 Å². The molecule has 2 N–H and O–H groups in total. The van der Waals surface area contributed by atoms with E-state index in [1.54, 1.807) is 44.2 Å². The molecule has 180 valence electrons. The number of anilines is 1. The maximum absolute atomic E-state index is 13.9. The lowest BCUT2D eigenvalue weighted by Gasteiger charge is -2.13. The fourth-order valence-corrected chi connectivity index (χ4v) is 3.91. The van der Waals surface area contributed by atoms with Gasteiger partial charge in [0.15, 0.2) is 5.76 Å². The van der Waals surface area contributed by atoms with Crippen LogP contribution in [0, 0.1) is 12.7 Å². The van der Waals surface area contributed by atoms with Crippen molar-refractivity contribution in [3.63, 3.8) is 0 Å². The first-order valence-corrected chi connectivity index (χ1v) is 11.2. The number of hydrogen-bond donors (Lipinski definition) is 2. The quantitative estimate of drug-likeness (QED) is 0.397. The van der Waals surface area contributed by atoms with E-state index in [-0.39, 0.29) is 17.9 Å². The number of hydrazone groups is 1. The number of hydrogen-bond acceptors (Lipinski definition) is 6. The van der Waals surface area contributed by atoms with Crippen LogP contribution in [0.25, 0.3) is 0 Å². The molecule has 0 spiro atoms. The van der Waals surface area contributed by atoms with Crippen LogP contribution in [-0.2, 0) is 11.2 Å². The minimum Gasteiger partial charge on any atom is -0.462 e. The first-order valence-electron chi connectivity index (χ1n) is 11.2. The van der Waals surface area contributed by atoms with E-state index in [9.17, 15) is 18.8 Å². The van der Waals surface area contributed by atoms with Gasteiger partial charge in [0.1, 0.15) is 11.6 Å². The van der Waals surface area contributed by atoms with Gasteiger partial charge in [-0.2, -0.15) is 5.10 Å². The number of fused-ring (bicyclic) bond motifs is 1. The number of esters is 1. The van der Waals surface area contributed by atoms with Crippen molar-refractivity contribution in [2.75, 3.05) is 11.9 Å². The average Bonchev–Trinajstić information content (AvgIpc) is 3.20. The second kappa shape index (κ2) is 10.3. The molecule has 2 aromatic carbocycles. The minimum atomic E-state index is -0.659. The van der Waals surface area contributed by atoms with Crippen LogP contribution in [0.3, 0.4) is 0 Å². The smallest absolute Gasteiger partial charge is 0.338 e. The summed E-state index contributed by atoms with van der Waals surface area (Å²) in [6.45, 7) is 3.75. The van der Waals surface area contributed by atoms with Crippen LogP contribution in [0.4, 0.5) is 10.1 Å². The van der Waals surface area contributed by atoms with Crippen LogP contribution in [0.1, 0.15) is 67.9 Å². The number of ether oxygens (including phenoxy) is 1. The van der Waals surface area contributed by atoms with Crippen molar-refractivity contribution in [1.82, 2.24) is 5.43 Å². The summed E-state index contributed by atoms with van der Waals surface area (Å²) in [7, 11) is 0. The SMILES string of the molecule is CCOC(=O)c1ccc(NC(=O)c2oc3c(c2C)/C(=N/NC(=O)c2ccccc2F)CCC3)cc1. The summed E-state index contributed by atoms with van der Waals surface area (Å²) < 4.78 is 24.7. The lowest BCUT2D eigenvalue weighted by atomic mass is 9.93. The Morgan fingerprint density at radius 3 is 2.51 bits per heavy atom. The standard InChI is InChI=1S/C26H24FN3O5/c1-3-34-26(33)16-11-13-17(14-12-16)28-25(32)23-15(2)22-20(9-6-10-21(22)35-23)29-30-24(31)18-7-4-5-8-19(18)27/h4-5,7-8,11-14H,3,6,9-10H2,1-2H3,(H,28,32)(H,30,31)/b29-20+. The molecule has 0 saturated heterocycles. The van der Waals surface area contributed by atoms with Crippen LogP contribution < -0.4 is 10.7 Å². The number of furan rings is 1. The molecular formula is C26H24FN3O5. The molecule has 2 amide bonds. The molecule has 0 unspecified atom stereocenters. The lowest BCUT2D eigenvalue weighted by molar-refractivity contribution is 0.0526. The number of nitrogens with one attached hydrogen (secondary N) is 2. The molecule has 1 aliphatic carbocycles.